The molecule has 55 heavy (non-hydrogen) atoms. The van der Waals surface area contributed by atoms with Crippen molar-refractivity contribution in [1.29, 1.82) is 5.26 Å². The molecule has 1 aromatic heterocycles. The van der Waals surface area contributed by atoms with Gasteiger partial charge in [0.2, 0.25) is 0 Å². The van der Waals surface area contributed by atoms with Crippen LogP contribution in [0.5, 0.6) is 17.2 Å². The maximum absolute atomic E-state index is 11.8. The Hall–Kier alpha value is -5.19. The maximum atomic E-state index is 11.8. The standard InChI is InChI=1S/C42H47ClN4O8/c1-27-32(8-4-10-34(27)35-11-5-12-37(28(35)2)53-15-7-14-47-13-6-9-31(23-47)40(49)50)25-55-39-18-38(54-24-30-16-29(19-44)20-45-21-30)33(17-36(39)43)22-46-42(3,26-48)41(51)52/h4-5,8,10-12,16-18,20-21,31,46,48H,6-7,9,13-15,22-26H2,1-3H3,(H,49,50)(H,51,52)/t31-,42?/m0/s1. The van der Waals surface area contributed by atoms with Crippen LogP contribution in [-0.2, 0) is 29.3 Å². The van der Waals surface area contributed by atoms with Crippen LogP contribution < -0.4 is 19.5 Å². The SMILES string of the molecule is Cc1c(COc2cc(OCc3cncc(C#N)c3)c(CNC(C)(CO)C(=O)O)cc2Cl)cccc1-c1cccc(OCCCN2CCC[C@H](C(=O)O)C2)c1C. The number of aliphatic hydroxyl groups excluding tert-OH is 1. The Morgan fingerprint density at radius 3 is 2.45 bits per heavy atom. The lowest BCUT2D eigenvalue weighted by molar-refractivity contribution is -0.146. The summed E-state index contributed by atoms with van der Waals surface area (Å²) in [5.41, 5.74) is 5.03. The molecule has 3 aromatic carbocycles. The average Bonchev–Trinajstić information content (AvgIpc) is 3.19. The van der Waals surface area contributed by atoms with Crippen LogP contribution in [0.4, 0.5) is 0 Å². The Morgan fingerprint density at radius 2 is 1.73 bits per heavy atom. The third-order valence-corrected chi connectivity index (χ3v) is 10.3. The van der Waals surface area contributed by atoms with E-state index in [9.17, 15) is 30.2 Å². The second-order valence-electron chi connectivity index (χ2n) is 14.0. The fourth-order valence-electron chi connectivity index (χ4n) is 6.52. The summed E-state index contributed by atoms with van der Waals surface area (Å²) in [4.78, 5) is 29.6. The smallest absolute Gasteiger partial charge is 0.326 e. The molecule has 5 rings (SSSR count). The number of hydrogen-bond donors (Lipinski definition) is 4. The summed E-state index contributed by atoms with van der Waals surface area (Å²) < 4.78 is 18.7. The minimum atomic E-state index is -1.60. The number of carboxylic acids is 2. The van der Waals surface area contributed by atoms with E-state index in [1.54, 1.807) is 24.4 Å². The predicted molar refractivity (Wildman–Crippen MR) is 207 cm³/mol. The van der Waals surface area contributed by atoms with Crippen molar-refractivity contribution in [3.63, 3.8) is 0 Å². The molecule has 1 aliphatic rings. The molecule has 2 atom stereocenters. The highest BCUT2D eigenvalue weighted by Crippen LogP contribution is 2.36. The minimum absolute atomic E-state index is 0.0180. The van der Waals surface area contributed by atoms with Gasteiger partial charge in [0.25, 0.3) is 0 Å². The molecular formula is C42H47ClN4O8. The highest BCUT2D eigenvalue weighted by molar-refractivity contribution is 6.32. The van der Waals surface area contributed by atoms with Gasteiger partial charge in [-0.25, -0.2) is 0 Å². The van der Waals surface area contributed by atoms with Crippen LogP contribution in [0.25, 0.3) is 11.1 Å². The number of pyridine rings is 1. The molecule has 0 amide bonds. The number of carboxylic acid groups (broad SMARTS) is 2. The van der Waals surface area contributed by atoms with Gasteiger partial charge in [-0.15, -0.1) is 0 Å². The van der Waals surface area contributed by atoms with E-state index in [0.717, 1.165) is 65.9 Å². The van der Waals surface area contributed by atoms with Crippen LogP contribution >= 0.6 is 11.6 Å². The van der Waals surface area contributed by atoms with Crippen molar-refractivity contribution in [3.05, 3.63) is 105 Å². The topological polar surface area (TPSA) is 174 Å². The van der Waals surface area contributed by atoms with Gasteiger partial charge in [0.05, 0.1) is 29.7 Å². The first-order chi connectivity index (χ1) is 26.4. The molecular weight excluding hydrogens is 724 g/mol. The second-order valence-corrected chi connectivity index (χ2v) is 14.4. The maximum Gasteiger partial charge on any atom is 0.326 e. The summed E-state index contributed by atoms with van der Waals surface area (Å²) in [6.45, 7) is 7.93. The molecule has 1 saturated heterocycles. The highest BCUT2D eigenvalue weighted by atomic mass is 35.5. The monoisotopic (exact) mass is 770 g/mol. The molecule has 12 nitrogen and oxygen atoms in total. The largest absolute Gasteiger partial charge is 0.493 e. The van der Waals surface area contributed by atoms with E-state index >= 15 is 0 Å². The Labute approximate surface area is 326 Å². The van der Waals surface area contributed by atoms with Crippen molar-refractivity contribution in [3.8, 4) is 34.4 Å². The zero-order valence-corrected chi connectivity index (χ0v) is 32.1. The van der Waals surface area contributed by atoms with Crippen LogP contribution in [0, 0.1) is 31.1 Å². The third-order valence-electron chi connectivity index (χ3n) is 10.0. The summed E-state index contributed by atoms with van der Waals surface area (Å²) in [5, 5.41) is 41.3. The van der Waals surface area contributed by atoms with Crippen molar-refractivity contribution < 1.29 is 39.1 Å². The van der Waals surface area contributed by atoms with Crippen molar-refractivity contribution in [1.82, 2.24) is 15.2 Å². The molecule has 0 spiro atoms. The molecule has 2 heterocycles. The van der Waals surface area contributed by atoms with Gasteiger partial charge in [0, 0.05) is 49.2 Å². The molecule has 0 aliphatic carbocycles. The van der Waals surface area contributed by atoms with E-state index in [2.05, 4.69) is 33.4 Å². The number of piperidine rings is 1. The summed E-state index contributed by atoms with van der Waals surface area (Å²) >= 11 is 6.73. The van der Waals surface area contributed by atoms with E-state index in [4.69, 9.17) is 25.8 Å². The van der Waals surface area contributed by atoms with Crippen LogP contribution in [0.1, 0.15) is 59.6 Å². The first-order valence-electron chi connectivity index (χ1n) is 18.2. The molecule has 1 fully saturated rings. The van der Waals surface area contributed by atoms with Gasteiger partial charge in [-0.1, -0.05) is 41.9 Å². The number of aromatic nitrogens is 1. The molecule has 0 bridgehead atoms. The first-order valence-corrected chi connectivity index (χ1v) is 18.6. The summed E-state index contributed by atoms with van der Waals surface area (Å²) in [6.07, 6.45) is 5.48. The van der Waals surface area contributed by atoms with Gasteiger partial charge in [0.1, 0.15) is 42.1 Å². The normalized spacial score (nSPS) is 15.5. The van der Waals surface area contributed by atoms with Crippen LogP contribution in [0.15, 0.2) is 67.0 Å². The number of ether oxygens (including phenoxy) is 3. The predicted octanol–water partition coefficient (Wildman–Crippen LogP) is 6.54. The molecule has 4 N–H and O–H groups in total. The van der Waals surface area contributed by atoms with Gasteiger partial charge < -0.3 is 34.4 Å². The molecule has 4 aromatic rings. The average molecular weight is 771 g/mol. The number of aliphatic carboxylic acids is 2. The third kappa shape index (κ3) is 10.5. The van der Waals surface area contributed by atoms with Crippen molar-refractivity contribution in [2.24, 2.45) is 5.92 Å². The number of halogens is 1. The summed E-state index contributed by atoms with van der Waals surface area (Å²) in [6, 6.07) is 19.1. The fourth-order valence-corrected chi connectivity index (χ4v) is 6.76. The summed E-state index contributed by atoms with van der Waals surface area (Å²) in [7, 11) is 0. The Balaban J connectivity index is 1.29. The fraction of sp³-hybridized carbons (Fsp3) is 0.381. The van der Waals surface area contributed by atoms with Gasteiger partial charge in [0.15, 0.2) is 0 Å². The number of nitriles is 1. The lowest BCUT2D eigenvalue weighted by Gasteiger charge is -2.30. The zero-order chi connectivity index (χ0) is 39.5. The quantitative estimate of drug-likeness (QED) is 0.0806. The van der Waals surface area contributed by atoms with E-state index in [1.165, 1.54) is 13.1 Å². The minimum Gasteiger partial charge on any atom is -0.493 e. The molecule has 0 saturated carbocycles. The van der Waals surface area contributed by atoms with E-state index in [0.29, 0.717) is 41.3 Å². The Kier molecular flexibility index (Phi) is 14.1. The number of nitrogens with zero attached hydrogens (tertiary/aromatic N) is 3. The van der Waals surface area contributed by atoms with Gasteiger partial charge in [-0.05, 0) is 92.6 Å². The Morgan fingerprint density at radius 1 is 0.982 bits per heavy atom. The van der Waals surface area contributed by atoms with E-state index in [-0.39, 0.29) is 30.7 Å². The number of carbonyl (C=O) groups is 2. The summed E-state index contributed by atoms with van der Waals surface area (Å²) in [5.74, 6) is -0.702. The second kappa shape index (κ2) is 18.9. The number of likely N-dealkylation sites (tertiary alicyclic amines) is 1. The number of hydrogen-bond acceptors (Lipinski definition) is 10. The van der Waals surface area contributed by atoms with Crippen LogP contribution in [0.2, 0.25) is 5.02 Å². The van der Waals surface area contributed by atoms with Gasteiger partial charge >= 0.3 is 11.9 Å². The number of nitrogens with one attached hydrogen (secondary N) is 1. The lowest BCUT2D eigenvalue weighted by atomic mass is 9.93. The number of rotatable bonds is 18. The molecule has 1 aliphatic heterocycles. The first kappa shape index (κ1) is 41.0. The van der Waals surface area contributed by atoms with E-state index < -0.39 is 24.1 Å². The highest BCUT2D eigenvalue weighted by Gasteiger charge is 2.32. The van der Waals surface area contributed by atoms with Crippen molar-refractivity contribution >= 4 is 23.5 Å². The van der Waals surface area contributed by atoms with Gasteiger partial charge in [-0.2, -0.15) is 5.26 Å². The van der Waals surface area contributed by atoms with Gasteiger partial charge in [-0.3, -0.25) is 19.9 Å². The molecule has 1 unspecified atom stereocenters. The van der Waals surface area contributed by atoms with Crippen LogP contribution in [0.3, 0.4) is 0 Å². The molecule has 13 heteroatoms. The molecule has 290 valence electrons. The number of aliphatic hydroxyl groups is 1. The number of benzene rings is 3. The Bertz CT molecular complexity index is 2040. The van der Waals surface area contributed by atoms with Crippen molar-refractivity contribution in [2.75, 3.05) is 32.8 Å². The lowest BCUT2D eigenvalue weighted by Crippen LogP contribution is -2.52. The van der Waals surface area contributed by atoms with Crippen LogP contribution in [-0.4, -0.2) is 75.5 Å². The molecule has 0 radical (unpaired) electrons. The van der Waals surface area contributed by atoms with Crippen molar-refractivity contribution in [2.45, 2.75) is 65.3 Å². The van der Waals surface area contributed by atoms with E-state index in [1.807, 2.05) is 38.1 Å². The zero-order valence-electron chi connectivity index (χ0n) is 31.3.